The molecule has 0 spiro atoms. The summed E-state index contributed by atoms with van der Waals surface area (Å²) in [5.41, 5.74) is 2.83. The molecule has 1 saturated heterocycles. The van der Waals surface area contributed by atoms with Crippen molar-refractivity contribution in [3.05, 3.63) is 40.4 Å². The number of nitrogens with one attached hydrogen (secondary N) is 2. The third kappa shape index (κ3) is 3.07. The fourth-order valence-electron chi connectivity index (χ4n) is 5.18. The summed E-state index contributed by atoms with van der Waals surface area (Å²) in [6, 6.07) is 4.99. The minimum absolute atomic E-state index is 0.146. The van der Waals surface area contributed by atoms with E-state index in [-0.39, 0.29) is 45.5 Å². The molecule has 2 unspecified atom stereocenters. The summed E-state index contributed by atoms with van der Waals surface area (Å²) < 4.78 is 0. The minimum Gasteiger partial charge on any atom is -0.331 e. The molecule has 1 aliphatic heterocycles. The number of hydrazine groups is 1. The maximum Gasteiger partial charge on any atom is 0.253 e. The number of rotatable bonds is 3. The predicted octanol–water partition coefficient (Wildman–Crippen LogP) is 4.81. The van der Waals surface area contributed by atoms with Crippen molar-refractivity contribution in [3.8, 4) is 0 Å². The molecule has 0 aromatic heterocycles. The molecule has 4 atom stereocenters. The van der Waals surface area contributed by atoms with Crippen LogP contribution in [0.25, 0.3) is 0 Å². The maximum absolute atomic E-state index is 13.4. The molecule has 1 aromatic rings. The molecule has 1 aromatic carbocycles. The van der Waals surface area contributed by atoms with Crippen LogP contribution in [0.15, 0.2) is 30.4 Å². The number of hydrogen-bond donors (Lipinski definition) is 2. The highest BCUT2D eigenvalue weighted by Gasteiger charge is 2.67. The zero-order chi connectivity index (χ0) is 21.1. The number of thiocarbonyl (C=S) groups is 1. The van der Waals surface area contributed by atoms with E-state index in [9.17, 15) is 9.59 Å². The number of carbonyl (C=O) groups is 2. The van der Waals surface area contributed by atoms with Gasteiger partial charge in [0.25, 0.3) is 11.8 Å². The molecule has 5 rings (SSSR count). The number of imide groups is 1. The topological polar surface area (TPSA) is 61.4 Å². The fraction of sp³-hybridized carbons (Fsp3) is 0.476. The quantitative estimate of drug-likeness (QED) is 0.392. The Balaban J connectivity index is 1.57. The number of halogens is 2. The molecule has 29 heavy (non-hydrogen) atoms. The van der Waals surface area contributed by atoms with Crippen molar-refractivity contribution in [2.45, 2.75) is 33.6 Å². The van der Waals surface area contributed by atoms with Crippen LogP contribution in [0.5, 0.6) is 0 Å². The van der Waals surface area contributed by atoms with E-state index >= 15 is 0 Å². The van der Waals surface area contributed by atoms with Crippen LogP contribution >= 0.6 is 35.4 Å². The van der Waals surface area contributed by atoms with Gasteiger partial charge in [-0.1, -0.05) is 56.1 Å². The molecule has 5 nitrogen and oxygen atoms in total. The molecule has 1 saturated carbocycles. The molecule has 2 fully saturated rings. The SMILES string of the molecule is CC(C)[C@@]12C=C[C@@](C)(CC1)C1C(=O)N(NC(=S)Nc3ccc(Cl)c(Cl)c3)C(=O)C12. The van der Waals surface area contributed by atoms with Crippen molar-refractivity contribution in [2.75, 3.05) is 5.32 Å². The lowest BCUT2D eigenvalue weighted by Gasteiger charge is -2.55. The van der Waals surface area contributed by atoms with Crippen LogP contribution < -0.4 is 10.7 Å². The van der Waals surface area contributed by atoms with Crippen LogP contribution in [0.1, 0.15) is 33.6 Å². The van der Waals surface area contributed by atoms with Gasteiger partial charge < -0.3 is 5.32 Å². The van der Waals surface area contributed by atoms with Crippen molar-refractivity contribution in [1.29, 1.82) is 0 Å². The zero-order valence-corrected chi connectivity index (χ0v) is 18.8. The van der Waals surface area contributed by atoms with Gasteiger partial charge >= 0.3 is 0 Å². The Labute approximate surface area is 185 Å². The van der Waals surface area contributed by atoms with Gasteiger partial charge in [-0.2, -0.15) is 5.01 Å². The summed E-state index contributed by atoms with van der Waals surface area (Å²) in [6.45, 7) is 6.32. The summed E-state index contributed by atoms with van der Waals surface area (Å²) in [6.07, 6.45) is 6.15. The molecule has 2 N–H and O–H groups in total. The second kappa shape index (κ2) is 6.96. The van der Waals surface area contributed by atoms with E-state index in [1.54, 1.807) is 18.2 Å². The van der Waals surface area contributed by atoms with Gasteiger partial charge in [0.15, 0.2) is 5.11 Å². The summed E-state index contributed by atoms with van der Waals surface area (Å²) in [5, 5.41) is 5.02. The summed E-state index contributed by atoms with van der Waals surface area (Å²) in [7, 11) is 0. The number of allylic oxidation sites excluding steroid dienone is 2. The highest BCUT2D eigenvalue weighted by molar-refractivity contribution is 7.80. The van der Waals surface area contributed by atoms with E-state index < -0.39 is 0 Å². The van der Waals surface area contributed by atoms with Crippen LogP contribution in [0.2, 0.25) is 10.0 Å². The van der Waals surface area contributed by atoms with Gasteiger partial charge in [-0.15, -0.1) is 0 Å². The van der Waals surface area contributed by atoms with Crippen molar-refractivity contribution < 1.29 is 9.59 Å². The minimum atomic E-state index is -0.364. The second-order valence-electron chi connectivity index (χ2n) is 8.77. The highest BCUT2D eigenvalue weighted by atomic mass is 35.5. The third-order valence-corrected chi connectivity index (χ3v) is 7.86. The van der Waals surface area contributed by atoms with Crippen LogP contribution in [0, 0.1) is 28.6 Å². The van der Waals surface area contributed by atoms with Crippen molar-refractivity contribution >= 4 is 58.0 Å². The Morgan fingerprint density at radius 3 is 2.41 bits per heavy atom. The first kappa shape index (κ1) is 20.6. The largest absolute Gasteiger partial charge is 0.331 e. The monoisotopic (exact) mass is 451 g/mol. The Morgan fingerprint density at radius 2 is 1.83 bits per heavy atom. The number of benzene rings is 1. The van der Waals surface area contributed by atoms with Gasteiger partial charge in [-0.25, -0.2) is 0 Å². The lowest BCUT2D eigenvalue weighted by atomic mass is 9.46. The Hall–Kier alpha value is -1.63. The maximum atomic E-state index is 13.4. The lowest BCUT2D eigenvalue weighted by molar-refractivity contribution is -0.142. The van der Waals surface area contributed by atoms with Crippen molar-refractivity contribution in [1.82, 2.24) is 10.4 Å². The van der Waals surface area contributed by atoms with Crippen molar-refractivity contribution in [3.63, 3.8) is 0 Å². The normalized spacial score (nSPS) is 32.7. The average Bonchev–Trinajstić information content (AvgIpc) is 2.92. The van der Waals surface area contributed by atoms with Crippen LogP contribution in [0.4, 0.5) is 5.69 Å². The van der Waals surface area contributed by atoms with Gasteiger partial charge in [-0.05, 0) is 54.6 Å². The molecule has 4 aliphatic rings. The standard InChI is InChI=1S/C21H23Cl2N3O2S/c1-11(2)21-8-6-20(3,7-9-21)15-16(21)18(28)26(17(15)27)25-19(29)24-12-4-5-13(22)14(23)10-12/h4-6,8,10-11,15-16H,7,9H2,1-3H3,(H2,24,25,29)/t15?,16?,20-,21+/m0/s1. The number of carbonyl (C=O) groups excluding carboxylic acids is 2. The fourth-order valence-corrected chi connectivity index (χ4v) is 5.68. The first-order valence-corrected chi connectivity index (χ1v) is 10.9. The molecule has 2 amide bonds. The first-order chi connectivity index (χ1) is 13.6. The Bertz CT molecular complexity index is 950. The predicted molar refractivity (Wildman–Crippen MR) is 118 cm³/mol. The van der Waals surface area contributed by atoms with Gasteiger partial charge in [-0.3, -0.25) is 15.0 Å². The molecule has 2 bridgehead atoms. The molecular weight excluding hydrogens is 429 g/mol. The van der Waals surface area contributed by atoms with E-state index in [1.807, 2.05) is 0 Å². The lowest BCUT2D eigenvalue weighted by Crippen LogP contribution is -2.53. The average molecular weight is 452 g/mol. The second-order valence-corrected chi connectivity index (χ2v) is 9.99. The Kier molecular flexibility index (Phi) is 4.95. The summed E-state index contributed by atoms with van der Waals surface area (Å²) in [4.78, 5) is 26.6. The van der Waals surface area contributed by atoms with E-state index in [2.05, 4.69) is 43.7 Å². The van der Waals surface area contributed by atoms with Gasteiger partial charge in [0.05, 0.1) is 21.9 Å². The smallest absolute Gasteiger partial charge is 0.253 e. The van der Waals surface area contributed by atoms with Gasteiger partial charge in [0, 0.05) is 11.1 Å². The van der Waals surface area contributed by atoms with Crippen LogP contribution in [-0.2, 0) is 9.59 Å². The van der Waals surface area contributed by atoms with E-state index in [4.69, 9.17) is 35.4 Å². The van der Waals surface area contributed by atoms with Gasteiger partial charge in [0.2, 0.25) is 0 Å². The molecule has 3 aliphatic carbocycles. The van der Waals surface area contributed by atoms with E-state index in [1.165, 1.54) is 0 Å². The molecule has 8 heteroatoms. The van der Waals surface area contributed by atoms with Crippen molar-refractivity contribution in [2.24, 2.45) is 28.6 Å². The number of amides is 2. The van der Waals surface area contributed by atoms with E-state index in [0.717, 1.165) is 17.9 Å². The number of hydrogen-bond acceptors (Lipinski definition) is 3. The first-order valence-electron chi connectivity index (χ1n) is 9.70. The molecule has 154 valence electrons. The highest BCUT2D eigenvalue weighted by Crippen LogP contribution is 2.63. The van der Waals surface area contributed by atoms with Crippen LogP contribution in [0.3, 0.4) is 0 Å². The summed E-state index contributed by atoms with van der Waals surface area (Å²) >= 11 is 17.3. The molecular formula is C21H23Cl2N3O2S. The van der Waals surface area contributed by atoms with Gasteiger partial charge in [0.1, 0.15) is 0 Å². The zero-order valence-electron chi connectivity index (χ0n) is 16.5. The third-order valence-electron chi connectivity index (χ3n) is 6.93. The molecule has 1 heterocycles. The Morgan fingerprint density at radius 1 is 1.14 bits per heavy atom. The number of anilines is 1. The number of nitrogens with zero attached hydrogens (tertiary/aromatic N) is 1. The van der Waals surface area contributed by atoms with E-state index in [0.29, 0.717) is 15.7 Å². The molecule has 0 radical (unpaired) electrons. The number of fused-ring (bicyclic) bond motifs is 1. The van der Waals surface area contributed by atoms with Crippen LogP contribution in [-0.4, -0.2) is 21.9 Å². The summed E-state index contributed by atoms with van der Waals surface area (Å²) in [5.74, 6) is -0.887.